The van der Waals surface area contributed by atoms with Crippen LogP contribution in [0.3, 0.4) is 0 Å². The number of rotatable bonds is 6. The number of benzene rings is 1. The Hall–Kier alpha value is -1.13. The molecule has 1 rings (SSSR count). The van der Waals surface area contributed by atoms with Crippen molar-refractivity contribution < 1.29 is 9.18 Å². The maximum atomic E-state index is 12.8. The maximum absolute atomic E-state index is 12.8. The molecule has 0 aliphatic rings. The van der Waals surface area contributed by atoms with Gasteiger partial charge < -0.3 is 10.2 Å². The van der Waals surface area contributed by atoms with Crippen LogP contribution in [0.15, 0.2) is 24.3 Å². The lowest BCUT2D eigenvalue weighted by Gasteiger charge is -2.22. The van der Waals surface area contributed by atoms with E-state index in [2.05, 4.69) is 12.2 Å². The van der Waals surface area contributed by atoms with Gasteiger partial charge in [0.05, 0.1) is 6.04 Å². The zero-order valence-corrected chi connectivity index (χ0v) is 12.5. The molecule has 1 atom stereocenters. The van der Waals surface area contributed by atoms with Crippen molar-refractivity contribution in [3.05, 3.63) is 35.6 Å². The summed E-state index contributed by atoms with van der Waals surface area (Å²) in [5.41, 5.74) is 0.926. The normalized spacial score (nSPS) is 11.6. The van der Waals surface area contributed by atoms with Gasteiger partial charge in [-0.2, -0.15) is 0 Å². The second-order valence-electron chi connectivity index (χ2n) is 4.50. The molecule has 108 valence electrons. The SMILES string of the molecule is CCCNC(C)C(=O)N(C)Cc1ccc(F)cc1.Cl. The van der Waals surface area contributed by atoms with Crippen LogP contribution in [0.5, 0.6) is 0 Å². The summed E-state index contributed by atoms with van der Waals surface area (Å²) in [5.74, 6) is -0.210. The average Bonchev–Trinajstić information content (AvgIpc) is 2.37. The summed E-state index contributed by atoms with van der Waals surface area (Å²) in [5, 5.41) is 3.16. The quantitative estimate of drug-likeness (QED) is 0.873. The summed E-state index contributed by atoms with van der Waals surface area (Å²) in [6, 6.07) is 6.03. The number of hydrogen-bond donors (Lipinski definition) is 1. The third-order valence-electron chi connectivity index (χ3n) is 2.78. The Morgan fingerprint density at radius 2 is 1.95 bits per heavy atom. The summed E-state index contributed by atoms with van der Waals surface area (Å²) < 4.78 is 12.8. The molecule has 0 heterocycles. The van der Waals surface area contributed by atoms with Gasteiger partial charge in [-0.1, -0.05) is 19.1 Å². The molecule has 0 radical (unpaired) electrons. The summed E-state index contributed by atoms with van der Waals surface area (Å²) in [4.78, 5) is 13.7. The predicted octanol–water partition coefficient (Wildman–Crippen LogP) is 2.59. The van der Waals surface area contributed by atoms with E-state index in [1.54, 1.807) is 24.1 Å². The molecule has 19 heavy (non-hydrogen) atoms. The Bertz CT molecular complexity index is 384. The van der Waals surface area contributed by atoms with Crippen molar-refractivity contribution in [3.63, 3.8) is 0 Å². The van der Waals surface area contributed by atoms with E-state index in [1.165, 1.54) is 12.1 Å². The highest BCUT2D eigenvalue weighted by atomic mass is 35.5. The standard InChI is InChI=1S/C14H21FN2O.ClH/c1-4-9-16-11(2)14(18)17(3)10-12-5-7-13(15)8-6-12;/h5-8,11,16H,4,9-10H2,1-3H3;1H. The minimum absolute atomic E-state index is 0. The lowest BCUT2D eigenvalue weighted by Crippen LogP contribution is -2.43. The largest absolute Gasteiger partial charge is 0.340 e. The highest BCUT2D eigenvalue weighted by Gasteiger charge is 2.16. The predicted molar refractivity (Wildman–Crippen MR) is 77.9 cm³/mol. The molecule has 3 nitrogen and oxygen atoms in total. The zero-order valence-electron chi connectivity index (χ0n) is 11.6. The number of carbonyl (C=O) groups is 1. The molecule has 0 bridgehead atoms. The van der Waals surface area contributed by atoms with Crippen LogP contribution in [0.2, 0.25) is 0 Å². The van der Waals surface area contributed by atoms with E-state index < -0.39 is 0 Å². The van der Waals surface area contributed by atoms with Crippen molar-refractivity contribution in [1.82, 2.24) is 10.2 Å². The van der Waals surface area contributed by atoms with Gasteiger partial charge in [0.2, 0.25) is 5.91 Å². The fourth-order valence-corrected chi connectivity index (χ4v) is 1.72. The van der Waals surface area contributed by atoms with E-state index in [4.69, 9.17) is 0 Å². The Labute approximate surface area is 120 Å². The number of amides is 1. The smallest absolute Gasteiger partial charge is 0.239 e. The lowest BCUT2D eigenvalue weighted by molar-refractivity contribution is -0.132. The van der Waals surface area contributed by atoms with E-state index in [1.807, 2.05) is 6.92 Å². The van der Waals surface area contributed by atoms with Crippen LogP contribution < -0.4 is 5.32 Å². The molecule has 1 N–H and O–H groups in total. The summed E-state index contributed by atoms with van der Waals surface area (Å²) >= 11 is 0. The van der Waals surface area contributed by atoms with Gasteiger partial charge in [0, 0.05) is 13.6 Å². The first-order valence-corrected chi connectivity index (χ1v) is 6.27. The van der Waals surface area contributed by atoms with Crippen molar-refractivity contribution in [2.24, 2.45) is 0 Å². The van der Waals surface area contributed by atoms with Gasteiger partial charge >= 0.3 is 0 Å². The van der Waals surface area contributed by atoms with Gasteiger partial charge in [-0.15, -0.1) is 12.4 Å². The molecule has 0 spiro atoms. The molecule has 0 saturated heterocycles. The van der Waals surface area contributed by atoms with Gasteiger partial charge in [0.1, 0.15) is 5.82 Å². The molecule has 0 aliphatic heterocycles. The molecule has 0 aromatic heterocycles. The van der Waals surface area contributed by atoms with Crippen LogP contribution in [0.4, 0.5) is 4.39 Å². The Morgan fingerprint density at radius 3 is 2.47 bits per heavy atom. The zero-order chi connectivity index (χ0) is 13.5. The minimum Gasteiger partial charge on any atom is -0.340 e. The van der Waals surface area contributed by atoms with Crippen LogP contribution >= 0.6 is 12.4 Å². The van der Waals surface area contributed by atoms with E-state index in [9.17, 15) is 9.18 Å². The molecular weight excluding hydrogens is 267 g/mol. The van der Waals surface area contributed by atoms with Gasteiger partial charge in [-0.25, -0.2) is 4.39 Å². The molecule has 5 heteroatoms. The van der Waals surface area contributed by atoms with E-state index in [-0.39, 0.29) is 30.2 Å². The summed E-state index contributed by atoms with van der Waals surface area (Å²) in [6.45, 7) is 5.25. The van der Waals surface area contributed by atoms with Crippen LogP contribution in [-0.4, -0.2) is 30.4 Å². The van der Waals surface area contributed by atoms with Crippen molar-refractivity contribution in [2.45, 2.75) is 32.9 Å². The fourth-order valence-electron chi connectivity index (χ4n) is 1.72. The monoisotopic (exact) mass is 288 g/mol. The highest BCUT2D eigenvalue weighted by molar-refractivity contribution is 5.85. The van der Waals surface area contributed by atoms with E-state index in [0.29, 0.717) is 6.54 Å². The Kier molecular flexibility index (Phi) is 8.35. The first kappa shape index (κ1) is 17.9. The number of likely N-dealkylation sites (N-methyl/N-ethyl adjacent to an activating group) is 1. The van der Waals surface area contributed by atoms with Gasteiger partial charge in [0.15, 0.2) is 0 Å². The number of halogens is 2. The number of hydrogen-bond acceptors (Lipinski definition) is 2. The second kappa shape index (κ2) is 8.88. The van der Waals surface area contributed by atoms with Crippen molar-refractivity contribution in [1.29, 1.82) is 0 Å². The summed E-state index contributed by atoms with van der Waals surface area (Å²) in [7, 11) is 1.76. The minimum atomic E-state index is -0.259. The van der Waals surface area contributed by atoms with Crippen molar-refractivity contribution >= 4 is 18.3 Å². The number of carbonyl (C=O) groups excluding carboxylic acids is 1. The molecule has 1 aromatic carbocycles. The van der Waals surface area contributed by atoms with E-state index in [0.717, 1.165) is 18.5 Å². The van der Waals surface area contributed by atoms with Crippen LogP contribution in [0, 0.1) is 5.82 Å². The molecule has 1 amide bonds. The highest BCUT2D eigenvalue weighted by Crippen LogP contribution is 2.06. The van der Waals surface area contributed by atoms with Crippen molar-refractivity contribution in [3.8, 4) is 0 Å². The molecule has 0 saturated carbocycles. The Morgan fingerprint density at radius 1 is 1.37 bits per heavy atom. The lowest BCUT2D eigenvalue weighted by atomic mass is 10.2. The van der Waals surface area contributed by atoms with Crippen molar-refractivity contribution in [2.75, 3.05) is 13.6 Å². The van der Waals surface area contributed by atoms with Gasteiger partial charge in [-0.3, -0.25) is 4.79 Å². The topological polar surface area (TPSA) is 32.3 Å². The first-order valence-electron chi connectivity index (χ1n) is 6.27. The molecule has 0 aliphatic carbocycles. The fraction of sp³-hybridized carbons (Fsp3) is 0.500. The molecule has 1 unspecified atom stereocenters. The molecule has 0 fully saturated rings. The number of nitrogens with zero attached hydrogens (tertiary/aromatic N) is 1. The van der Waals surface area contributed by atoms with Crippen LogP contribution in [-0.2, 0) is 11.3 Å². The van der Waals surface area contributed by atoms with Crippen LogP contribution in [0.1, 0.15) is 25.8 Å². The first-order chi connectivity index (χ1) is 8.54. The third kappa shape index (κ3) is 6.03. The average molecular weight is 289 g/mol. The Balaban J connectivity index is 0.00000324. The summed E-state index contributed by atoms with van der Waals surface area (Å²) in [6.07, 6.45) is 0.999. The van der Waals surface area contributed by atoms with Crippen LogP contribution in [0.25, 0.3) is 0 Å². The van der Waals surface area contributed by atoms with Gasteiger partial charge in [-0.05, 0) is 37.6 Å². The van der Waals surface area contributed by atoms with Gasteiger partial charge in [0.25, 0.3) is 0 Å². The van der Waals surface area contributed by atoms with E-state index >= 15 is 0 Å². The third-order valence-corrected chi connectivity index (χ3v) is 2.78. The second-order valence-corrected chi connectivity index (χ2v) is 4.50. The molecular formula is C14H22ClFN2O. The maximum Gasteiger partial charge on any atom is 0.239 e. The number of nitrogens with one attached hydrogen (secondary N) is 1. The molecule has 1 aromatic rings.